The number of benzene rings is 4. The Hall–Kier alpha value is -6.76. The topological polar surface area (TPSA) is 0 Å². The van der Waals surface area contributed by atoms with E-state index in [-0.39, 0.29) is 17.3 Å². The van der Waals surface area contributed by atoms with Crippen LogP contribution in [0.5, 0.6) is 0 Å². The SMILES string of the molecule is C/C=C\C=C/Cc1ccc(C)cc1.C=C/C=C/C=C/C=C\C(=C/C=C\C)C1C=CC(C)=CC1.C=CCC/C=C(\C)c1ccc(C)c(C2C=CC=CC2C(C)(c2ccccc2)c2ccc(C)cc2)c1CC.CC.CC. The van der Waals surface area contributed by atoms with E-state index in [1.807, 2.05) is 84.1 Å². The van der Waals surface area contributed by atoms with E-state index in [0.29, 0.717) is 5.92 Å². The molecule has 4 unspecified atom stereocenters. The average Bonchev–Trinajstić information content (AvgIpc) is 3.44. The van der Waals surface area contributed by atoms with Gasteiger partial charge in [-0.3, -0.25) is 0 Å². The first-order valence-corrected chi connectivity index (χ1v) is 27.5. The predicted molar refractivity (Wildman–Crippen MR) is 335 cm³/mol. The van der Waals surface area contributed by atoms with Crippen LogP contribution >= 0.6 is 0 Å². The highest BCUT2D eigenvalue weighted by Gasteiger charge is 2.42. The van der Waals surface area contributed by atoms with Crippen LogP contribution in [0.3, 0.4) is 0 Å². The van der Waals surface area contributed by atoms with Gasteiger partial charge in [-0.15, -0.1) is 6.58 Å². The molecule has 4 atom stereocenters. The number of allylic oxidation sites excluding steroid dienone is 26. The monoisotopic (exact) mass is 983 g/mol. The molecule has 0 N–H and O–H groups in total. The van der Waals surface area contributed by atoms with Gasteiger partial charge in [0.2, 0.25) is 0 Å². The minimum Gasteiger partial charge on any atom is -0.103 e. The first-order chi connectivity index (χ1) is 36.0. The third kappa shape index (κ3) is 20.6. The van der Waals surface area contributed by atoms with Crippen molar-refractivity contribution in [2.45, 2.75) is 133 Å². The molecule has 4 aromatic carbocycles. The number of hydrogen-bond acceptors (Lipinski definition) is 0. The van der Waals surface area contributed by atoms with E-state index in [2.05, 4.69) is 244 Å². The molecule has 0 aromatic heterocycles. The molecule has 0 nitrogen and oxygen atoms in total. The Labute approximate surface area is 453 Å². The van der Waals surface area contributed by atoms with E-state index in [4.69, 9.17) is 0 Å². The molecule has 390 valence electrons. The van der Waals surface area contributed by atoms with E-state index in [1.54, 1.807) is 6.08 Å². The Morgan fingerprint density at radius 3 is 1.89 bits per heavy atom. The summed E-state index contributed by atoms with van der Waals surface area (Å²) in [6.45, 7) is 35.3. The van der Waals surface area contributed by atoms with Crippen LogP contribution in [-0.2, 0) is 18.3 Å². The maximum absolute atomic E-state index is 3.89. The molecule has 4 aromatic rings. The molecule has 0 amide bonds. The Morgan fingerprint density at radius 2 is 1.28 bits per heavy atom. The standard InChI is InChI=1S/C37H42.C20H24.C13H16.2C2H6/c1-7-9-11-16-28(4)33-26-23-29(5)36(32(33)8-2)34-19-14-15-20-35(34)37(6,30-17-12-10-13-18-30)31-24-21-27(3)22-25-31;1-4-6-8-9-10-11-13-19(12-7-5-2)20-16-14-18(3)15-17-20;1-3-4-5-6-7-13-10-8-12(2)9-11-13;2*1-2/h7,10,12-26,34-35H,1,8-9,11H2,2-6H3;4-16,20H,1,17H2,2-3H3;3-6,8-11H,7H2,1-2H3;2*1-2H3/b28-16+;7-5-,8-6+,10-9+,13-11-,19-12+;4-3-,6-5-;;. The summed E-state index contributed by atoms with van der Waals surface area (Å²) < 4.78 is 0. The largest absolute Gasteiger partial charge is 0.103 e. The van der Waals surface area contributed by atoms with E-state index < -0.39 is 0 Å². The van der Waals surface area contributed by atoms with Crippen molar-refractivity contribution in [3.8, 4) is 0 Å². The second-order valence-corrected chi connectivity index (χ2v) is 18.5. The highest BCUT2D eigenvalue weighted by molar-refractivity contribution is 5.69. The van der Waals surface area contributed by atoms with Gasteiger partial charge in [-0.1, -0.05) is 296 Å². The minimum absolute atomic E-state index is 0.177. The van der Waals surface area contributed by atoms with E-state index in [9.17, 15) is 0 Å². The van der Waals surface area contributed by atoms with Crippen LogP contribution in [0.15, 0.2) is 255 Å². The van der Waals surface area contributed by atoms with Crippen molar-refractivity contribution < 1.29 is 0 Å². The molecule has 6 rings (SSSR count). The van der Waals surface area contributed by atoms with Gasteiger partial charge in [0.25, 0.3) is 0 Å². The summed E-state index contributed by atoms with van der Waals surface area (Å²) >= 11 is 0. The smallest absolute Gasteiger partial charge is 0.0246 e. The Morgan fingerprint density at radius 1 is 0.662 bits per heavy atom. The van der Waals surface area contributed by atoms with Crippen LogP contribution in [0.25, 0.3) is 5.57 Å². The molecule has 0 aliphatic heterocycles. The maximum atomic E-state index is 3.89. The molecule has 0 bridgehead atoms. The predicted octanol–water partition coefficient (Wildman–Crippen LogP) is 21.7. The summed E-state index contributed by atoms with van der Waals surface area (Å²) in [6, 6.07) is 33.6. The van der Waals surface area contributed by atoms with Crippen LogP contribution in [0.4, 0.5) is 0 Å². The lowest BCUT2D eigenvalue weighted by molar-refractivity contribution is 0.379. The first kappa shape index (κ1) is 63.4. The molecule has 0 heterocycles. The van der Waals surface area contributed by atoms with Crippen LogP contribution in [0, 0.1) is 32.6 Å². The zero-order valence-corrected chi connectivity index (χ0v) is 48.1. The summed E-state index contributed by atoms with van der Waals surface area (Å²) in [5, 5.41) is 0. The molecule has 74 heavy (non-hydrogen) atoms. The summed E-state index contributed by atoms with van der Waals surface area (Å²) in [6.07, 6.45) is 54.4. The Balaban J connectivity index is 0.000000423. The van der Waals surface area contributed by atoms with Crippen molar-refractivity contribution in [2.24, 2.45) is 11.8 Å². The molecule has 2 aliphatic carbocycles. The zero-order chi connectivity index (χ0) is 54.6. The number of unbranched alkanes of at least 4 members (excludes halogenated alkanes) is 1. The Bertz CT molecular complexity index is 2610. The fraction of sp³-hybridized carbons (Fsp3) is 0.297. The number of hydrogen-bond donors (Lipinski definition) is 0. The van der Waals surface area contributed by atoms with Crippen LogP contribution in [0.2, 0.25) is 0 Å². The molecule has 0 spiro atoms. The summed E-state index contributed by atoms with van der Waals surface area (Å²) in [5.41, 5.74) is 16.4. The summed E-state index contributed by atoms with van der Waals surface area (Å²) in [5.74, 6) is 1.04. The van der Waals surface area contributed by atoms with Gasteiger partial charge >= 0.3 is 0 Å². The van der Waals surface area contributed by atoms with Crippen molar-refractivity contribution in [2.75, 3.05) is 0 Å². The molecule has 0 saturated carbocycles. The van der Waals surface area contributed by atoms with Crippen molar-refractivity contribution in [1.29, 1.82) is 0 Å². The molecule has 0 saturated heterocycles. The van der Waals surface area contributed by atoms with E-state index in [1.165, 1.54) is 66.8 Å². The van der Waals surface area contributed by atoms with Crippen molar-refractivity contribution >= 4 is 5.57 Å². The lowest BCUT2D eigenvalue weighted by Crippen LogP contribution is -2.37. The molecule has 0 fully saturated rings. The number of rotatable bonds is 18. The van der Waals surface area contributed by atoms with E-state index >= 15 is 0 Å². The van der Waals surface area contributed by atoms with Gasteiger partial charge in [-0.05, 0) is 131 Å². The zero-order valence-electron chi connectivity index (χ0n) is 48.1. The molecule has 2 aliphatic rings. The van der Waals surface area contributed by atoms with Gasteiger partial charge in [0.15, 0.2) is 0 Å². The van der Waals surface area contributed by atoms with Gasteiger partial charge in [0.05, 0.1) is 0 Å². The molecular weight excluding hydrogens is 889 g/mol. The average molecular weight is 984 g/mol. The fourth-order valence-corrected chi connectivity index (χ4v) is 9.23. The summed E-state index contributed by atoms with van der Waals surface area (Å²) in [7, 11) is 0. The Kier molecular flexibility index (Phi) is 31.7. The van der Waals surface area contributed by atoms with Gasteiger partial charge in [0.1, 0.15) is 0 Å². The molecular formula is C74H94. The third-order valence-electron chi connectivity index (χ3n) is 13.3. The summed E-state index contributed by atoms with van der Waals surface area (Å²) in [4.78, 5) is 0. The number of aryl methyl sites for hydroxylation is 3. The van der Waals surface area contributed by atoms with Crippen LogP contribution in [-0.4, -0.2) is 0 Å². The fourth-order valence-electron chi connectivity index (χ4n) is 9.23. The normalized spacial score (nSPS) is 17.3. The van der Waals surface area contributed by atoms with Gasteiger partial charge < -0.3 is 0 Å². The van der Waals surface area contributed by atoms with Crippen molar-refractivity contribution in [1.82, 2.24) is 0 Å². The van der Waals surface area contributed by atoms with E-state index in [0.717, 1.165) is 32.1 Å². The van der Waals surface area contributed by atoms with Gasteiger partial charge in [-0.25, -0.2) is 0 Å². The highest BCUT2D eigenvalue weighted by atomic mass is 14.4. The van der Waals surface area contributed by atoms with Crippen LogP contribution < -0.4 is 0 Å². The third-order valence-corrected chi connectivity index (χ3v) is 13.3. The van der Waals surface area contributed by atoms with Crippen LogP contribution in [0.1, 0.15) is 144 Å². The highest BCUT2D eigenvalue weighted by Crippen LogP contribution is 2.50. The second kappa shape index (κ2) is 37.0. The lowest BCUT2D eigenvalue weighted by Gasteiger charge is -2.43. The second-order valence-electron chi connectivity index (χ2n) is 18.5. The maximum Gasteiger partial charge on any atom is 0.0246 e. The molecule has 0 heteroatoms. The lowest BCUT2D eigenvalue weighted by atomic mass is 9.60. The van der Waals surface area contributed by atoms with Gasteiger partial charge in [-0.2, -0.15) is 0 Å². The minimum atomic E-state index is -0.177. The first-order valence-electron chi connectivity index (χ1n) is 27.5. The van der Waals surface area contributed by atoms with Crippen molar-refractivity contribution in [3.05, 3.63) is 305 Å². The van der Waals surface area contributed by atoms with Gasteiger partial charge in [0, 0.05) is 23.2 Å². The van der Waals surface area contributed by atoms with Crippen molar-refractivity contribution in [3.63, 3.8) is 0 Å². The quantitative estimate of drug-likeness (QED) is 0.0529. The molecule has 0 radical (unpaired) electrons.